The molecule has 0 bridgehead atoms. The van der Waals surface area contributed by atoms with E-state index in [1.807, 2.05) is 0 Å². The van der Waals surface area contributed by atoms with Crippen molar-refractivity contribution in [3.05, 3.63) is 66.9 Å². The van der Waals surface area contributed by atoms with Crippen molar-refractivity contribution in [3.8, 4) is 40.2 Å². The minimum Gasteiger partial charge on any atom is -0.467 e. The van der Waals surface area contributed by atoms with Gasteiger partial charge in [-0.1, -0.05) is 5.16 Å². The number of imide groups is 2. The smallest absolute Gasteiger partial charge is 0.328 e. The van der Waals surface area contributed by atoms with Gasteiger partial charge in [0.25, 0.3) is 23.3 Å². The third kappa shape index (κ3) is 5.57. The van der Waals surface area contributed by atoms with E-state index in [1.165, 1.54) is 0 Å². The molecule has 0 unspecified atom stereocenters. The molecule has 0 spiro atoms. The van der Waals surface area contributed by atoms with Crippen LogP contribution in [0.1, 0.15) is 13.3 Å². The van der Waals surface area contributed by atoms with Crippen molar-refractivity contribution in [2.75, 3.05) is 13.2 Å². The van der Waals surface area contributed by atoms with Crippen molar-refractivity contribution in [2.24, 2.45) is 0 Å². The lowest BCUT2D eigenvalue weighted by Crippen LogP contribution is -2.69. The molecule has 13 heteroatoms. The fraction of sp³-hybridized carbons (Fsp3) is 0.192. The number of barbiturate groups is 1. The summed E-state index contributed by atoms with van der Waals surface area (Å²) in [5, 5.41) is 15.9. The van der Waals surface area contributed by atoms with Gasteiger partial charge in [0.1, 0.15) is 22.9 Å². The van der Waals surface area contributed by atoms with Gasteiger partial charge >= 0.3 is 6.03 Å². The molecule has 1 fully saturated rings. The van der Waals surface area contributed by atoms with Crippen LogP contribution < -0.4 is 20.1 Å². The molecule has 1 aliphatic heterocycles. The van der Waals surface area contributed by atoms with Gasteiger partial charge in [0.15, 0.2) is 0 Å². The Morgan fingerprint density at radius 2 is 1.56 bits per heavy atom. The maximum atomic E-state index is 12.6. The van der Waals surface area contributed by atoms with Gasteiger partial charge in [-0.3, -0.25) is 20.2 Å². The molecule has 5 rings (SSSR count). The monoisotopic (exact) mass is 530 g/mol. The second kappa shape index (κ2) is 11.1. The van der Waals surface area contributed by atoms with Gasteiger partial charge in [0.05, 0.1) is 6.61 Å². The van der Waals surface area contributed by atoms with Gasteiger partial charge in [-0.05, 0) is 67.6 Å². The van der Waals surface area contributed by atoms with E-state index in [4.69, 9.17) is 18.7 Å². The van der Waals surface area contributed by atoms with E-state index in [0.717, 1.165) is 0 Å². The van der Waals surface area contributed by atoms with E-state index in [0.29, 0.717) is 41.1 Å². The maximum absolute atomic E-state index is 12.6. The topological polar surface area (TPSA) is 168 Å². The summed E-state index contributed by atoms with van der Waals surface area (Å²) in [6, 6.07) is 15.9. The summed E-state index contributed by atoms with van der Waals surface area (Å²) in [5.74, 6) is 0.175. The number of carbonyl (C=O) groups is 3. The second-order valence-electron chi connectivity index (χ2n) is 8.24. The lowest BCUT2D eigenvalue weighted by molar-refractivity contribution is -0.153. The minimum absolute atomic E-state index is 0.0774. The average Bonchev–Trinajstić information content (AvgIpc) is 3.44. The number of benzene rings is 2. The molecule has 0 atom stereocenters. The number of amides is 4. The van der Waals surface area contributed by atoms with E-state index in [2.05, 4.69) is 31.0 Å². The molecule has 1 saturated heterocycles. The zero-order chi connectivity index (χ0) is 27.2. The van der Waals surface area contributed by atoms with E-state index >= 15 is 0 Å². The Balaban J connectivity index is 1.25. The summed E-state index contributed by atoms with van der Waals surface area (Å²) in [6.07, 6.45) is 1.47. The number of urea groups is 1. The van der Waals surface area contributed by atoms with Crippen LogP contribution in [-0.2, 0) is 14.3 Å². The highest BCUT2D eigenvalue weighted by Gasteiger charge is 2.52. The number of ether oxygens (including phenoxy) is 3. The normalized spacial score (nSPS) is 14.4. The van der Waals surface area contributed by atoms with Crippen LogP contribution in [0.25, 0.3) is 23.0 Å². The van der Waals surface area contributed by atoms with Crippen LogP contribution in [0.15, 0.2) is 71.4 Å². The van der Waals surface area contributed by atoms with Gasteiger partial charge in [-0.25, -0.2) is 4.79 Å². The highest BCUT2D eigenvalue weighted by molar-refractivity contribution is 6.21. The minimum atomic E-state index is -1.96. The number of nitrogens with zero attached hydrogens (tertiary/aromatic N) is 4. The first-order valence-electron chi connectivity index (χ1n) is 11.9. The van der Waals surface area contributed by atoms with Crippen molar-refractivity contribution in [2.45, 2.75) is 18.9 Å². The fourth-order valence-corrected chi connectivity index (χ4v) is 3.72. The van der Waals surface area contributed by atoms with Crippen molar-refractivity contribution < 1.29 is 33.1 Å². The summed E-state index contributed by atoms with van der Waals surface area (Å²) in [5.41, 5.74) is -0.768. The number of rotatable bonds is 10. The highest BCUT2D eigenvalue weighted by Crippen LogP contribution is 2.30. The number of nitrogens with one attached hydrogen (secondary N) is 2. The Morgan fingerprint density at radius 1 is 0.897 bits per heavy atom. The fourth-order valence-electron chi connectivity index (χ4n) is 3.72. The molecule has 39 heavy (non-hydrogen) atoms. The van der Waals surface area contributed by atoms with Gasteiger partial charge in [0.2, 0.25) is 5.82 Å². The van der Waals surface area contributed by atoms with E-state index in [1.54, 1.807) is 73.8 Å². The standard InChI is InChI=1S/C26H22N6O7/c1-2-36-15-13-26(23(33)29-25(35)30-24(26)34)38-19-11-9-18(10-12-19)37-17-7-5-16(6-8-17)22-28-21(32-39-22)20-4-3-14-27-31-20/h3-12,14H,2,13,15H2,1H3,(H2,29,30,33,34,35). The molecule has 0 aliphatic carbocycles. The molecule has 198 valence electrons. The van der Waals surface area contributed by atoms with Crippen molar-refractivity contribution in [3.63, 3.8) is 0 Å². The molecule has 2 N–H and O–H groups in total. The largest absolute Gasteiger partial charge is 0.467 e. The molecule has 4 amide bonds. The Kier molecular flexibility index (Phi) is 7.23. The molecule has 3 heterocycles. The van der Waals surface area contributed by atoms with Crippen LogP contribution in [0, 0.1) is 0 Å². The predicted octanol–water partition coefficient (Wildman–Crippen LogP) is 2.90. The molecular weight excluding hydrogens is 508 g/mol. The SMILES string of the molecule is CCOCCC1(Oc2ccc(Oc3ccc(-c4nc(-c5cccnn5)no4)cc3)cc2)C(=O)NC(=O)NC1=O. The van der Waals surface area contributed by atoms with Gasteiger partial charge in [-0.2, -0.15) is 10.1 Å². The quantitative estimate of drug-likeness (QED) is 0.228. The zero-order valence-electron chi connectivity index (χ0n) is 20.6. The molecule has 1 aliphatic rings. The second-order valence-corrected chi connectivity index (χ2v) is 8.24. The number of carbonyl (C=O) groups excluding carboxylic acids is 3. The van der Waals surface area contributed by atoms with Crippen molar-refractivity contribution >= 4 is 17.8 Å². The van der Waals surface area contributed by atoms with E-state index in [9.17, 15) is 14.4 Å². The molecule has 2 aromatic heterocycles. The average molecular weight is 530 g/mol. The van der Waals surface area contributed by atoms with Crippen LogP contribution in [0.2, 0.25) is 0 Å². The van der Waals surface area contributed by atoms with Crippen LogP contribution in [0.3, 0.4) is 0 Å². The Morgan fingerprint density at radius 3 is 2.21 bits per heavy atom. The predicted molar refractivity (Wildman–Crippen MR) is 133 cm³/mol. The molecule has 2 aromatic carbocycles. The first-order valence-corrected chi connectivity index (χ1v) is 11.9. The molecule has 13 nitrogen and oxygen atoms in total. The first-order chi connectivity index (χ1) is 19.0. The van der Waals surface area contributed by atoms with Gasteiger partial charge < -0.3 is 18.7 Å². The highest BCUT2D eigenvalue weighted by atomic mass is 16.5. The van der Waals surface area contributed by atoms with Crippen LogP contribution in [-0.4, -0.2) is 57.0 Å². The summed E-state index contributed by atoms with van der Waals surface area (Å²) >= 11 is 0. The Bertz CT molecular complexity index is 1450. The number of aromatic nitrogens is 4. The molecule has 0 radical (unpaired) electrons. The summed E-state index contributed by atoms with van der Waals surface area (Å²) < 4.78 is 22.3. The lowest BCUT2D eigenvalue weighted by Gasteiger charge is -2.34. The van der Waals surface area contributed by atoms with Crippen LogP contribution >= 0.6 is 0 Å². The molecule has 4 aromatic rings. The van der Waals surface area contributed by atoms with Crippen molar-refractivity contribution in [1.29, 1.82) is 0 Å². The first kappa shape index (κ1) is 25.5. The molecule has 0 saturated carbocycles. The van der Waals surface area contributed by atoms with Crippen LogP contribution in [0.4, 0.5) is 4.79 Å². The summed E-state index contributed by atoms with van der Waals surface area (Å²) in [4.78, 5) is 41.2. The Labute approximate surface area is 221 Å². The van der Waals surface area contributed by atoms with E-state index < -0.39 is 23.4 Å². The molecular formula is C26H22N6O7. The number of hydrogen-bond acceptors (Lipinski definition) is 11. The maximum Gasteiger partial charge on any atom is 0.328 e. The zero-order valence-corrected chi connectivity index (χ0v) is 20.6. The third-order valence-electron chi connectivity index (χ3n) is 5.67. The lowest BCUT2D eigenvalue weighted by atomic mass is 9.95. The summed E-state index contributed by atoms with van der Waals surface area (Å²) in [7, 11) is 0. The summed E-state index contributed by atoms with van der Waals surface area (Å²) in [6.45, 7) is 2.25. The Hall–Kier alpha value is -5.17. The van der Waals surface area contributed by atoms with Gasteiger partial charge in [-0.15, -0.1) is 5.10 Å². The van der Waals surface area contributed by atoms with Gasteiger partial charge in [0, 0.05) is 24.8 Å². The van der Waals surface area contributed by atoms with Crippen LogP contribution in [0.5, 0.6) is 17.2 Å². The number of hydrogen-bond donors (Lipinski definition) is 2. The third-order valence-corrected chi connectivity index (χ3v) is 5.67. The van der Waals surface area contributed by atoms with Crippen molar-refractivity contribution in [1.82, 2.24) is 31.0 Å². The van der Waals surface area contributed by atoms with E-state index in [-0.39, 0.29) is 18.8 Å².